The number of aromatic amines is 1. The van der Waals surface area contributed by atoms with E-state index in [-0.39, 0.29) is 34.6 Å². The lowest BCUT2D eigenvalue weighted by molar-refractivity contribution is -0.286. The molecular weight excluding hydrogens is 484 g/mol. The molecule has 1 spiro atoms. The highest BCUT2D eigenvalue weighted by molar-refractivity contribution is 5.94. The molecule has 0 amide bonds. The van der Waals surface area contributed by atoms with E-state index in [1.165, 1.54) is 6.07 Å². The van der Waals surface area contributed by atoms with Crippen molar-refractivity contribution in [3.63, 3.8) is 0 Å². The first kappa shape index (κ1) is 22.3. The number of ether oxygens (including phenoxy) is 3. The Morgan fingerprint density at radius 3 is 2.81 bits per heavy atom. The van der Waals surface area contributed by atoms with Crippen molar-refractivity contribution in [1.82, 2.24) is 24.6 Å². The Morgan fingerprint density at radius 1 is 1.19 bits per heavy atom. The molecule has 0 radical (unpaired) electrons. The van der Waals surface area contributed by atoms with Gasteiger partial charge < -0.3 is 24.8 Å². The SMILES string of the molecule is C[C@@H]1OCC2(CCN(c3nc4n[nH]c(C#Cc5cccc6c5OC(F)(F)O6)c4c4nccn34)CC2)[C@@H]1N. The van der Waals surface area contributed by atoms with E-state index < -0.39 is 6.29 Å². The molecule has 3 aromatic heterocycles. The van der Waals surface area contributed by atoms with Crippen LogP contribution in [0.2, 0.25) is 0 Å². The summed E-state index contributed by atoms with van der Waals surface area (Å²) < 4.78 is 44.0. The van der Waals surface area contributed by atoms with E-state index in [2.05, 4.69) is 41.4 Å². The van der Waals surface area contributed by atoms with Gasteiger partial charge in [-0.25, -0.2) is 4.98 Å². The third-order valence-corrected chi connectivity index (χ3v) is 7.67. The highest BCUT2D eigenvalue weighted by Gasteiger charge is 2.48. The Morgan fingerprint density at radius 2 is 2.03 bits per heavy atom. The van der Waals surface area contributed by atoms with Gasteiger partial charge in [0.1, 0.15) is 5.69 Å². The summed E-state index contributed by atoms with van der Waals surface area (Å²) in [7, 11) is 0. The summed E-state index contributed by atoms with van der Waals surface area (Å²) in [5.41, 5.74) is 8.34. The van der Waals surface area contributed by atoms with Gasteiger partial charge in [0.15, 0.2) is 22.8 Å². The molecule has 2 atom stereocenters. The molecule has 12 heteroatoms. The first-order valence-electron chi connectivity index (χ1n) is 12.1. The second-order valence-corrected chi connectivity index (χ2v) is 9.77. The Kier molecular flexibility index (Phi) is 4.68. The number of anilines is 1. The number of nitrogens with zero attached hydrogens (tertiary/aromatic N) is 5. The van der Waals surface area contributed by atoms with E-state index in [1.54, 1.807) is 18.3 Å². The fraction of sp³-hybridized carbons (Fsp3) is 0.400. The monoisotopic (exact) mass is 507 g/mol. The average molecular weight is 508 g/mol. The number of nitrogens with one attached hydrogen (secondary N) is 1. The predicted octanol–water partition coefficient (Wildman–Crippen LogP) is 2.66. The number of aromatic nitrogens is 5. The summed E-state index contributed by atoms with van der Waals surface area (Å²) >= 11 is 0. The molecule has 4 aromatic rings. The van der Waals surface area contributed by atoms with Crippen LogP contribution in [-0.4, -0.2) is 62.7 Å². The van der Waals surface area contributed by atoms with Gasteiger partial charge in [0.25, 0.3) is 0 Å². The van der Waals surface area contributed by atoms with E-state index in [0.29, 0.717) is 29.0 Å². The first-order chi connectivity index (χ1) is 17.8. The van der Waals surface area contributed by atoms with Crippen molar-refractivity contribution in [1.29, 1.82) is 0 Å². The van der Waals surface area contributed by atoms with Crippen molar-refractivity contribution in [2.45, 2.75) is 38.2 Å². The molecule has 7 rings (SSSR count). The molecule has 6 heterocycles. The summed E-state index contributed by atoms with van der Waals surface area (Å²) in [6.45, 7) is 4.31. The third kappa shape index (κ3) is 3.42. The number of benzene rings is 1. The molecule has 37 heavy (non-hydrogen) atoms. The molecule has 2 saturated heterocycles. The number of halogens is 2. The van der Waals surface area contributed by atoms with Gasteiger partial charge >= 0.3 is 6.29 Å². The second kappa shape index (κ2) is 7.77. The van der Waals surface area contributed by atoms with Gasteiger partial charge in [-0.3, -0.25) is 9.50 Å². The maximum atomic E-state index is 13.5. The van der Waals surface area contributed by atoms with Crippen LogP contribution in [0.4, 0.5) is 14.7 Å². The number of hydrogen-bond acceptors (Lipinski definition) is 8. The van der Waals surface area contributed by atoms with Gasteiger partial charge in [-0.05, 0) is 37.8 Å². The number of H-pyrrole nitrogens is 1. The van der Waals surface area contributed by atoms with E-state index in [0.717, 1.165) is 31.9 Å². The van der Waals surface area contributed by atoms with Crippen molar-refractivity contribution in [2.75, 3.05) is 24.6 Å². The van der Waals surface area contributed by atoms with E-state index in [9.17, 15) is 8.78 Å². The Bertz CT molecular complexity index is 1600. The molecule has 3 aliphatic rings. The zero-order valence-electron chi connectivity index (χ0n) is 19.9. The van der Waals surface area contributed by atoms with Crippen LogP contribution in [0, 0.1) is 17.3 Å². The summed E-state index contributed by atoms with van der Waals surface area (Å²) in [4.78, 5) is 11.6. The lowest BCUT2D eigenvalue weighted by atomic mass is 9.73. The van der Waals surface area contributed by atoms with Crippen molar-refractivity contribution < 1.29 is 23.0 Å². The quantitative estimate of drug-likeness (QED) is 0.378. The maximum Gasteiger partial charge on any atom is 0.586 e. The van der Waals surface area contributed by atoms with Crippen LogP contribution in [0.25, 0.3) is 16.7 Å². The zero-order chi connectivity index (χ0) is 25.4. The third-order valence-electron chi connectivity index (χ3n) is 7.67. The van der Waals surface area contributed by atoms with E-state index in [1.807, 2.05) is 17.5 Å². The van der Waals surface area contributed by atoms with E-state index >= 15 is 0 Å². The van der Waals surface area contributed by atoms with Gasteiger partial charge in [-0.1, -0.05) is 12.0 Å². The minimum atomic E-state index is -3.72. The van der Waals surface area contributed by atoms with Crippen LogP contribution in [-0.2, 0) is 4.74 Å². The highest BCUT2D eigenvalue weighted by atomic mass is 19.3. The van der Waals surface area contributed by atoms with Crippen LogP contribution in [0.15, 0.2) is 30.6 Å². The maximum absolute atomic E-state index is 13.5. The largest absolute Gasteiger partial charge is 0.586 e. The van der Waals surface area contributed by atoms with Gasteiger partial charge in [0, 0.05) is 36.9 Å². The van der Waals surface area contributed by atoms with Gasteiger partial charge in [0.05, 0.1) is 23.7 Å². The standard InChI is InChI=1S/C25H23F2N7O3/c1-14-20(28)24(13-35-14)7-10-33(11-8-24)23-30-21-18(22-29-9-12-34(22)23)16(31-32-21)6-5-15-3-2-4-17-19(15)37-25(26,27)36-17/h2-4,9,12,14,20H,7-8,10-11,13,28H2,1H3,(H,31,32)/t14-,20+/m0/s1. The molecule has 0 unspecified atom stereocenters. The van der Waals surface area contributed by atoms with E-state index in [4.69, 9.17) is 15.5 Å². The fourth-order valence-electron chi connectivity index (χ4n) is 5.56. The summed E-state index contributed by atoms with van der Waals surface area (Å²) in [6, 6.07) is 4.60. The molecule has 190 valence electrons. The molecule has 3 aliphatic heterocycles. The number of rotatable bonds is 1. The fourth-order valence-corrected chi connectivity index (χ4v) is 5.56. The molecule has 1 aromatic carbocycles. The van der Waals surface area contributed by atoms with Crippen LogP contribution >= 0.6 is 0 Å². The normalized spacial score (nSPS) is 23.6. The van der Waals surface area contributed by atoms with Gasteiger partial charge in [-0.2, -0.15) is 10.1 Å². The van der Waals surface area contributed by atoms with Crippen LogP contribution in [0.5, 0.6) is 11.5 Å². The molecule has 0 aliphatic carbocycles. The topological polar surface area (TPSA) is 116 Å². The Balaban J connectivity index is 1.23. The summed E-state index contributed by atoms with van der Waals surface area (Å²) in [5, 5.41) is 7.93. The van der Waals surface area contributed by atoms with Crippen molar-refractivity contribution in [3.8, 4) is 23.3 Å². The molecule has 0 saturated carbocycles. The van der Waals surface area contributed by atoms with Crippen molar-refractivity contribution in [3.05, 3.63) is 41.9 Å². The number of nitrogens with two attached hydrogens (primary N) is 1. The molecule has 0 bridgehead atoms. The highest BCUT2D eigenvalue weighted by Crippen LogP contribution is 2.43. The Hall–Kier alpha value is -3.95. The Labute approximate surface area is 209 Å². The van der Waals surface area contributed by atoms with Crippen LogP contribution in [0.3, 0.4) is 0 Å². The number of para-hydroxylation sites is 1. The van der Waals surface area contributed by atoms with Gasteiger partial charge in [0.2, 0.25) is 5.95 Å². The average Bonchev–Trinajstić information content (AvgIpc) is 3.64. The zero-order valence-corrected chi connectivity index (χ0v) is 19.9. The van der Waals surface area contributed by atoms with Crippen LogP contribution < -0.4 is 20.1 Å². The van der Waals surface area contributed by atoms with Crippen molar-refractivity contribution in [2.24, 2.45) is 11.1 Å². The lowest BCUT2D eigenvalue weighted by Crippen LogP contribution is -2.51. The molecular formula is C25H23F2N7O3. The number of piperidine rings is 1. The molecule has 10 nitrogen and oxygen atoms in total. The number of hydrogen-bond donors (Lipinski definition) is 2. The molecule has 2 fully saturated rings. The minimum Gasteiger partial charge on any atom is -0.395 e. The minimum absolute atomic E-state index is 0.000498. The van der Waals surface area contributed by atoms with Crippen molar-refractivity contribution >= 4 is 22.6 Å². The smallest absolute Gasteiger partial charge is 0.395 e. The summed E-state index contributed by atoms with van der Waals surface area (Å²) in [6.07, 6.45) is 1.74. The van der Waals surface area contributed by atoms with Gasteiger partial charge in [-0.15, -0.1) is 8.78 Å². The van der Waals surface area contributed by atoms with Crippen LogP contribution in [0.1, 0.15) is 31.0 Å². The molecule has 3 N–H and O–H groups in total. The lowest BCUT2D eigenvalue weighted by Gasteiger charge is -2.41. The number of fused-ring (bicyclic) bond motifs is 4. The second-order valence-electron chi connectivity index (χ2n) is 9.77. The first-order valence-corrected chi connectivity index (χ1v) is 12.1. The predicted molar refractivity (Wildman–Crippen MR) is 129 cm³/mol. The number of imidazole rings is 1. The number of alkyl halides is 2. The summed E-state index contributed by atoms with van der Waals surface area (Å²) in [5.74, 6) is 6.46.